The quantitative estimate of drug-likeness (QED) is 0.764. The normalized spacial score (nSPS) is 11.0. The second kappa shape index (κ2) is 5.00. The van der Waals surface area contributed by atoms with Crippen LogP contribution in [-0.4, -0.2) is 16.7 Å². The molecular weight excluding hydrogens is 344 g/mol. The number of benzene rings is 2. The van der Waals surface area contributed by atoms with Crippen molar-refractivity contribution in [2.75, 3.05) is 12.8 Å². The summed E-state index contributed by atoms with van der Waals surface area (Å²) in [5.41, 5.74) is 6.64. The van der Waals surface area contributed by atoms with Crippen LogP contribution in [0.1, 0.15) is 0 Å². The number of fused-ring (bicyclic) bond motifs is 1. The highest BCUT2D eigenvalue weighted by atomic mass is 79.9. The summed E-state index contributed by atoms with van der Waals surface area (Å²) >= 11 is 3.37. The minimum absolute atomic E-state index is 0.0125. The Morgan fingerprint density at radius 3 is 2.71 bits per heavy atom. The molecule has 3 rings (SSSR count). The van der Waals surface area contributed by atoms with Gasteiger partial charge in [-0.05, 0) is 40.2 Å². The lowest BCUT2D eigenvalue weighted by molar-refractivity contribution is 0.414. The smallest absolute Gasteiger partial charge is 0.206 e. The molecule has 0 bridgehead atoms. The lowest BCUT2D eigenvalue weighted by Gasteiger charge is -2.11. The summed E-state index contributed by atoms with van der Waals surface area (Å²) in [6.07, 6.45) is 0. The number of ether oxygens (including phenoxy) is 1. The molecule has 0 aliphatic rings. The molecule has 0 saturated heterocycles. The second-order valence-corrected chi connectivity index (χ2v) is 5.21. The molecule has 0 atom stereocenters. The number of hydrogen-bond donors (Lipinski definition) is 1. The highest BCUT2D eigenvalue weighted by Crippen LogP contribution is 2.32. The van der Waals surface area contributed by atoms with Crippen LogP contribution in [0.25, 0.3) is 16.7 Å². The van der Waals surface area contributed by atoms with E-state index >= 15 is 0 Å². The maximum atomic E-state index is 14.1. The van der Waals surface area contributed by atoms with Gasteiger partial charge in [0.2, 0.25) is 5.95 Å². The van der Waals surface area contributed by atoms with E-state index in [4.69, 9.17) is 10.5 Å². The van der Waals surface area contributed by atoms with E-state index in [-0.39, 0.29) is 17.0 Å². The van der Waals surface area contributed by atoms with E-state index in [0.29, 0.717) is 15.9 Å². The molecule has 0 saturated carbocycles. The maximum Gasteiger partial charge on any atom is 0.206 e. The van der Waals surface area contributed by atoms with Gasteiger partial charge in [-0.25, -0.2) is 13.8 Å². The zero-order valence-electron chi connectivity index (χ0n) is 10.9. The predicted octanol–water partition coefficient (Wildman–Crippen LogP) is 3.66. The van der Waals surface area contributed by atoms with Crippen molar-refractivity contribution in [3.63, 3.8) is 0 Å². The first-order valence-corrected chi connectivity index (χ1v) is 6.78. The standard InChI is InChI=1S/C14H10BrF2N3O/c1-21-7-2-3-8(15)11(6-7)20-13-10(19-14(20)18)5-4-9(16)12(13)17/h2-6H,1H3,(H2,18,19). The Morgan fingerprint density at radius 2 is 2.00 bits per heavy atom. The van der Waals surface area contributed by atoms with Gasteiger partial charge in [0, 0.05) is 10.5 Å². The molecular formula is C14H10BrF2N3O. The van der Waals surface area contributed by atoms with Crippen molar-refractivity contribution in [1.82, 2.24) is 9.55 Å². The van der Waals surface area contributed by atoms with E-state index < -0.39 is 11.6 Å². The van der Waals surface area contributed by atoms with Gasteiger partial charge >= 0.3 is 0 Å². The van der Waals surface area contributed by atoms with Crippen LogP contribution in [0.5, 0.6) is 5.75 Å². The van der Waals surface area contributed by atoms with Gasteiger partial charge in [0.1, 0.15) is 11.3 Å². The highest BCUT2D eigenvalue weighted by molar-refractivity contribution is 9.10. The van der Waals surface area contributed by atoms with Crippen molar-refractivity contribution in [3.05, 3.63) is 46.4 Å². The summed E-state index contributed by atoms with van der Waals surface area (Å²) in [5, 5.41) is 0. The molecule has 0 fully saturated rings. The Balaban J connectivity index is 2.40. The number of nitrogen functional groups attached to an aromatic ring is 1. The fourth-order valence-corrected chi connectivity index (χ4v) is 2.58. The molecule has 4 nitrogen and oxygen atoms in total. The van der Waals surface area contributed by atoms with Gasteiger partial charge < -0.3 is 10.5 Å². The largest absolute Gasteiger partial charge is 0.497 e. The summed E-state index contributed by atoms with van der Waals surface area (Å²) in [6, 6.07) is 7.53. The Morgan fingerprint density at radius 1 is 1.24 bits per heavy atom. The third-order valence-corrected chi connectivity index (χ3v) is 3.80. The lowest BCUT2D eigenvalue weighted by atomic mass is 10.2. The molecule has 0 aliphatic carbocycles. The molecule has 1 heterocycles. The van der Waals surface area contributed by atoms with Crippen LogP contribution < -0.4 is 10.5 Å². The molecule has 2 aromatic carbocycles. The number of nitrogens with zero attached hydrogens (tertiary/aromatic N) is 2. The monoisotopic (exact) mass is 353 g/mol. The topological polar surface area (TPSA) is 53.1 Å². The summed E-state index contributed by atoms with van der Waals surface area (Å²) in [6.45, 7) is 0. The molecule has 0 amide bonds. The zero-order chi connectivity index (χ0) is 15.1. The summed E-state index contributed by atoms with van der Waals surface area (Å²) in [7, 11) is 1.52. The summed E-state index contributed by atoms with van der Waals surface area (Å²) < 4.78 is 34.8. The average Bonchev–Trinajstić information content (AvgIpc) is 2.81. The summed E-state index contributed by atoms with van der Waals surface area (Å²) in [4.78, 5) is 4.06. The van der Waals surface area contributed by atoms with Crippen LogP contribution in [0.4, 0.5) is 14.7 Å². The number of rotatable bonds is 2. The van der Waals surface area contributed by atoms with Crippen molar-refractivity contribution in [3.8, 4) is 11.4 Å². The van der Waals surface area contributed by atoms with Gasteiger partial charge in [-0.15, -0.1) is 0 Å². The molecule has 7 heteroatoms. The minimum atomic E-state index is -0.994. The van der Waals surface area contributed by atoms with Crippen LogP contribution in [0.15, 0.2) is 34.8 Å². The molecule has 21 heavy (non-hydrogen) atoms. The predicted molar refractivity (Wildman–Crippen MR) is 79.7 cm³/mol. The van der Waals surface area contributed by atoms with Gasteiger partial charge in [-0.1, -0.05) is 0 Å². The Labute approximate surface area is 127 Å². The number of hydrogen-bond acceptors (Lipinski definition) is 3. The third-order valence-electron chi connectivity index (χ3n) is 3.13. The number of halogens is 3. The number of imidazole rings is 1. The van der Waals surface area contributed by atoms with Gasteiger partial charge in [0.25, 0.3) is 0 Å². The molecule has 0 radical (unpaired) electrons. The first-order chi connectivity index (χ1) is 10.0. The van der Waals surface area contributed by atoms with Crippen molar-refractivity contribution in [2.24, 2.45) is 0 Å². The molecule has 1 aromatic heterocycles. The van der Waals surface area contributed by atoms with Gasteiger partial charge in [0.15, 0.2) is 11.6 Å². The van der Waals surface area contributed by atoms with Crippen LogP contribution in [0.2, 0.25) is 0 Å². The van der Waals surface area contributed by atoms with Crippen LogP contribution in [-0.2, 0) is 0 Å². The lowest BCUT2D eigenvalue weighted by Crippen LogP contribution is -2.03. The Bertz CT molecular complexity index is 848. The fourth-order valence-electron chi connectivity index (χ4n) is 2.16. The average molecular weight is 354 g/mol. The third kappa shape index (κ3) is 2.13. The van der Waals surface area contributed by atoms with E-state index in [1.165, 1.54) is 17.7 Å². The molecule has 0 aliphatic heterocycles. The van der Waals surface area contributed by atoms with Crippen LogP contribution >= 0.6 is 15.9 Å². The van der Waals surface area contributed by atoms with Gasteiger partial charge in [-0.2, -0.15) is 0 Å². The Kier molecular flexibility index (Phi) is 3.29. The van der Waals surface area contributed by atoms with Crippen molar-refractivity contribution < 1.29 is 13.5 Å². The van der Waals surface area contributed by atoms with Crippen LogP contribution in [0.3, 0.4) is 0 Å². The molecule has 0 spiro atoms. The Hall–Kier alpha value is -2.15. The van der Waals surface area contributed by atoms with E-state index in [9.17, 15) is 8.78 Å². The van der Waals surface area contributed by atoms with Crippen molar-refractivity contribution in [1.29, 1.82) is 0 Å². The first-order valence-electron chi connectivity index (χ1n) is 5.98. The first kappa shape index (κ1) is 13.8. The van der Waals surface area contributed by atoms with Gasteiger partial charge in [0.05, 0.1) is 18.3 Å². The van der Waals surface area contributed by atoms with E-state index in [1.54, 1.807) is 18.2 Å². The number of aromatic nitrogens is 2. The SMILES string of the molecule is COc1ccc(Br)c(-n2c(N)nc3ccc(F)c(F)c32)c1. The number of nitrogens with two attached hydrogens (primary N) is 1. The molecule has 0 unspecified atom stereocenters. The van der Waals surface area contributed by atoms with E-state index in [2.05, 4.69) is 20.9 Å². The summed E-state index contributed by atoms with van der Waals surface area (Å²) in [5.74, 6) is -1.33. The van der Waals surface area contributed by atoms with E-state index in [1.807, 2.05) is 0 Å². The van der Waals surface area contributed by atoms with Crippen LogP contribution in [0, 0.1) is 11.6 Å². The van der Waals surface area contributed by atoms with Crippen molar-refractivity contribution >= 4 is 32.9 Å². The maximum absolute atomic E-state index is 14.1. The van der Waals surface area contributed by atoms with Crippen molar-refractivity contribution in [2.45, 2.75) is 0 Å². The van der Waals surface area contributed by atoms with Gasteiger partial charge in [-0.3, -0.25) is 4.57 Å². The second-order valence-electron chi connectivity index (χ2n) is 4.35. The van der Waals surface area contributed by atoms with E-state index in [0.717, 1.165) is 6.07 Å². The zero-order valence-corrected chi connectivity index (χ0v) is 12.5. The highest BCUT2D eigenvalue weighted by Gasteiger charge is 2.19. The fraction of sp³-hybridized carbons (Fsp3) is 0.0714. The number of methoxy groups -OCH3 is 1. The molecule has 2 N–H and O–H groups in total. The number of anilines is 1. The molecule has 3 aromatic rings. The minimum Gasteiger partial charge on any atom is -0.497 e. The molecule has 108 valence electrons.